The number of methoxy groups -OCH3 is 2. The number of halogens is 2. The van der Waals surface area contributed by atoms with Gasteiger partial charge in [-0.15, -0.1) is 0 Å². The van der Waals surface area contributed by atoms with Gasteiger partial charge in [0, 0.05) is 18.1 Å². The molecule has 0 radical (unpaired) electrons. The molecule has 0 atom stereocenters. The number of benzene rings is 3. The quantitative estimate of drug-likeness (QED) is 0.412. The first kappa shape index (κ1) is 26.5. The van der Waals surface area contributed by atoms with Gasteiger partial charge in [0.15, 0.2) is 11.5 Å². The predicted octanol–water partition coefficient (Wildman–Crippen LogP) is 4.05. The van der Waals surface area contributed by atoms with Gasteiger partial charge in [0.1, 0.15) is 5.82 Å². The maximum absolute atomic E-state index is 13.3. The highest BCUT2D eigenvalue weighted by atomic mass is 35.5. The molecule has 0 aliphatic carbocycles. The molecular weight excluding hydrogens is 495 g/mol. The van der Waals surface area contributed by atoms with Crippen molar-refractivity contribution in [2.75, 3.05) is 27.3 Å². The second-order valence-electron chi connectivity index (χ2n) is 7.64. The van der Waals surface area contributed by atoms with Crippen molar-refractivity contribution in [3.8, 4) is 11.5 Å². The van der Waals surface area contributed by atoms with Crippen LogP contribution in [0, 0.1) is 5.82 Å². The second-order valence-corrected chi connectivity index (χ2v) is 10.0. The number of nitrogens with one attached hydrogen (secondary N) is 1. The Kier molecular flexibility index (Phi) is 9.08. The van der Waals surface area contributed by atoms with Crippen molar-refractivity contribution in [1.29, 1.82) is 0 Å². The SMILES string of the molecule is COc1ccc(CCNC(=O)CN(Cc2ccc(F)cc2)S(=O)(=O)c2ccc(Cl)cc2)cc1OC. The topological polar surface area (TPSA) is 84.9 Å². The van der Waals surface area contributed by atoms with Crippen LogP contribution in [-0.4, -0.2) is 45.9 Å². The summed E-state index contributed by atoms with van der Waals surface area (Å²) in [5.41, 5.74) is 1.46. The van der Waals surface area contributed by atoms with Gasteiger partial charge in [-0.2, -0.15) is 4.31 Å². The number of rotatable bonds is 11. The van der Waals surface area contributed by atoms with E-state index >= 15 is 0 Å². The Bertz CT molecular complexity index is 1250. The number of sulfonamides is 1. The summed E-state index contributed by atoms with van der Waals surface area (Å²) < 4.78 is 51.4. The Morgan fingerprint density at radius 1 is 0.943 bits per heavy atom. The van der Waals surface area contributed by atoms with Crippen LogP contribution >= 0.6 is 11.6 Å². The maximum atomic E-state index is 13.3. The molecule has 186 valence electrons. The van der Waals surface area contributed by atoms with Crippen LogP contribution in [0.5, 0.6) is 11.5 Å². The Balaban J connectivity index is 1.71. The Morgan fingerprint density at radius 3 is 2.20 bits per heavy atom. The number of hydrogen-bond acceptors (Lipinski definition) is 5. The van der Waals surface area contributed by atoms with Gasteiger partial charge >= 0.3 is 0 Å². The van der Waals surface area contributed by atoms with Crippen LogP contribution in [-0.2, 0) is 27.8 Å². The molecule has 3 aromatic rings. The van der Waals surface area contributed by atoms with Crippen molar-refractivity contribution in [1.82, 2.24) is 9.62 Å². The number of hydrogen-bond donors (Lipinski definition) is 1. The summed E-state index contributed by atoms with van der Waals surface area (Å²) in [5, 5.41) is 3.15. The van der Waals surface area contributed by atoms with Gasteiger partial charge in [-0.3, -0.25) is 4.79 Å². The van der Waals surface area contributed by atoms with E-state index in [9.17, 15) is 17.6 Å². The molecule has 0 bridgehead atoms. The molecule has 1 N–H and O–H groups in total. The molecule has 0 aliphatic rings. The van der Waals surface area contributed by atoms with Gasteiger partial charge in [-0.05, 0) is 66.1 Å². The van der Waals surface area contributed by atoms with Crippen molar-refractivity contribution in [3.05, 3.63) is 88.7 Å². The van der Waals surface area contributed by atoms with Gasteiger partial charge < -0.3 is 14.8 Å². The molecule has 0 unspecified atom stereocenters. The highest BCUT2D eigenvalue weighted by Crippen LogP contribution is 2.27. The standard InChI is InChI=1S/C25H26ClFN2O5S/c1-33-23-12-5-18(15-24(23)34-2)13-14-28-25(30)17-29(16-19-3-8-21(27)9-4-19)35(31,32)22-10-6-20(26)7-11-22/h3-12,15H,13-14,16-17H2,1-2H3,(H,28,30). The average molecular weight is 521 g/mol. The first-order valence-electron chi connectivity index (χ1n) is 10.7. The minimum Gasteiger partial charge on any atom is -0.493 e. The highest BCUT2D eigenvalue weighted by Gasteiger charge is 2.27. The summed E-state index contributed by atoms with van der Waals surface area (Å²) in [5.74, 6) is 0.277. The Hall–Kier alpha value is -3.14. The zero-order chi connectivity index (χ0) is 25.4. The lowest BCUT2D eigenvalue weighted by atomic mass is 10.1. The zero-order valence-corrected chi connectivity index (χ0v) is 20.9. The lowest BCUT2D eigenvalue weighted by Crippen LogP contribution is -2.40. The lowest BCUT2D eigenvalue weighted by molar-refractivity contribution is -0.121. The molecule has 0 fully saturated rings. The minimum atomic E-state index is -4.03. The van der Waals surface area contributed by atoms with E-state index < -0.39 is 28.3 Å². The van der Waals surface area contributed by atoms with Crippen molar-refractivity contribution in [2.45, 2.75) is 17.9 Å². The monoisotopic (exact) mass is 520 g/mol. The molecule has 7 nitrogen and oxygen atoms in total. The fourth-order valence-corrected chi connectivity index (χ4v) is 4.88. The number of carbonyl (C=O) groups is 1. The summed E-state index contributed by atoms with van der Waals surface area (Å²) in [4.78, 5) is 12.7. The van der Waals surface area contributed by atoms with Crippen molar-refractivity contribution in [2.24, 2.45) is 0 Å². The van der Waals surface area contributed by atoms with E-state index in [1.165, 1.54) is 48.5 Å². The van der Waals surface area contributed by atoms with Crippen molar-refractivity contribution >= 4 is 27.5 Å². The van der Waals surface area contributed by atoms with E-state index in [-0.39, 0.29) is 11.4 Å². The van der Waals surface area contributed by atoms with Gasteiger partial charge in [0.2, 0.25) is 15.9 Å². The van der Waals surface area contributed by atoms with Crippen LogP contribution in [0.1, 0.15) is 11.1 Å². The van der Waals surface area contributed by atoms with Crippen LogP contribution in [0.15, 0.2) is 71.6 Å². The summed E-state index contributed by atoms with van der Waals surface area (Å²) in [6, 6.07) is 16.6. The average Bonchev–Trinajstić information content (AvgIpc) is 2.85. The molecule has 0 aromatic heterocycles. The second kappa shape index (κ2) is 12.0. The van der Waals surface area contributed by atoms with E-state index in [1.807, 2.05) is 12.1 Å². The molecule has 0 aliphatic heterocycles. The molecule has 0 saturated heterocycles. The van der Waals surface area contributed by atoms with E-state index in [0.717, 1.165) is 9.87 Å². The molecule has 3 aromatic carbocycles. The largest absolute Gasteiger partial charge is 0.493 e. The van der Waals surface area contributed by atoms with Crippen molar-refractivity contribution < 1.29 is 27.1 Å². The third-order valence-electron chi connectivity index (χ3n) is 5.23. The van der Waals surface area contributed by atoms with Crippen LogP contribution in [0.25, 0.3) is 0 Å². The van der Waals surface area contributed by atoms with Gasteiger partial charge in [0.05, 0.1) is 25.7 Å². The van der Waals surface area contributed by atoms with Gasteiger partial charge in [-0.1, -0.05) is 29.8 Å². The number of ether oxygens (including phenoxy) is 2. The first-order chi connectivity index (χ1) is 16.7. The Labute approximate surface area is 209 Å². The third kappa shape index (κ3) is 7.17. The van der Waals surface area contributed by atoms with Gasteiger partial charge in [0.25, 0.3) is 0 Å². The maximum Gasteiger partial charge on any atom is 0.243 e. The summed E-state index contributed by atoms with van der Waals surface area (Å²) in [6.45, 7) is -0.220. The molecule has 10 heteroatoms. The lowest BCUT2D eigenvalue weighted by Gasteiger charge is -2.22. The van der Waals surface area contributed by atoms with E-state index in [4.69, 9.17) is 21.1 Å². The molecular formula is C25H26ClFN2O5S. The van der Waals surface area contributed by atoms with Crippen LogP contribution < -0.4 is 14.8 Å². The molecule has 35 heavy (non-hydrogen) atoms. The minimum absolute atomic E-state index is 0.00198. The van der Waals surface area contributed by atoms with Gasteiger partial charge in [-0.25, -0.2) is 12.8 Å². The van der Waals surface area contributed by atoms with E-state index in [1.54, 1.807) is 20.3 Å². The molecule has 1 amide bonds. The smallest absolute Gasteiger partial charge is 0.243 e. The van der Waals surface area contributed by atoms with E-state index in [2.05, 4.69) is 5.32 Å². The molecule has 3 rings (SSSR count). The third-order valence-corrected chi connectivity index (χ3v) is 7.29. The normalized spacial score (nSPS) is 11.3. The number of carbonyl (C=O) groups excluding carboxylic acids is 1. The molecule has 0 spiro atoms. The summed E-state index contributed by atoms with van der Waals surface area (Å²) in [6.07, 6.45) is 0.508. The summed E-state index contributed by atoms with van der Waals surface area (Å²) >= 11 is 5.89. The number of amides is 1. The molecule has 0 saturated carbocycles. The summed E-state index contributed by atoms with van der Waals surface area (Å²) in [7, 11) is -0.934. The highest BCUT2D eigenvalue weighted by molar-refractivity contribution is 7.89. The van der Waals surface area contributed by atoms with Crippen LogP contribution in [0.4, 0.5) is 4.39 Å². The first-order valence-corrected chi connectivity index (χ1v) is 12.5. The van der Waals surface area contributed by atoms with E-state index in [0.29, 0.717) is 35.1 Å². The predicted molar refractivity (Wildman–Crippen MR) is 132 cm³/mol. The Morgan fingerprint density at radius 2 is 1.57 bits per heavy atom. The fourth-order valence-electron chi connectivity index (χ4n) is 3.37. The fraction of sp³-hybridized carbons (Fsp3) is 0.240. The van der Waals surface area contributed by atoms with Crippen molar-refractivity contribution in [3.63, 3.8) is 0 Å². The zero-order valence-electron chi connectivity index (χ0n) is 19.3. The number of nitrogens with zero attached hydrogens (tertiary/aromatic N) is 1. The van der Waals surface area contributed by atoms with Crippen LogP contribution in [0.3, 0.4) is 0 Å². The van der Waals surface area contributed by atoms with Crippen LogP contribution in [0.2, 0.25) is 5.02 Å². The molecule has 0 heterocycles.